The van der Waals surface area contributed by atoms with Crippen molar-refractivity contribution in [1.82, 2.24) is 19.6 Å². The summed E-state index contributed by atoms with van der Waals surface area (Å²) in [6, 6.07) is 5.50. The van der Waals surface area contributed by atoms with Crippen LogP contribution in [-0.4, -0.2) is 161 Å². The predicted octanol–water partition coefficient (Wildman–Crippen LogP) is 8.52. The van der Waals surface area contributed by atoms with Crippen LogP contribution in [0.25, 0.3) is 0 Å². The summed E-state index contributed by atoms with van der Waals surface area (Å²) in [6.45, 7) is 19.7. The molecule has 76 heavy (non-hydrogen) atoms. The highest BCUT2D eigenvalue weighted by molar-refractivity contribution is 8.00. The smallest absolute Gasteiger partial charge is 0.410 e. The van der Waals surface area contributed by atoms with Crippen molar-refractivity contribution in [2.45, 2.75) is 195 Å². The number of allylic oxidation sites excluding steroid dienone is 1. The maximum atomic E-state index is 14.7. The Kier molecular flexibility index (Phi) is 27.6. The van der Waals surface area contributed by atoms with Crippen LogP contribution in [0.4, 0.5) is 4.79 Å². The minimum absolute atomic E-state index is 0.0155. The Labute approximate surface area is 459 Å². The summed E-state index contributed by atoms with van der Waals surface area (Å²) in [6.07, 6.45) is 6.09. The molecule has 2 saturated heterocycles. The van der Waals surface area contributed by atoms with E-state index >= 15 is 0 Å². The van der Waals surface area contributed by atoms with Gasteiger partial charge in [0.25, 0.3) is 0 Å². The lowest BCUT2D eigenvalue weighted by molar-refractivity contribution is -0.149. The number of carbonyl (C=O) groups is 8. The Morgan fingerprint density at radius 1 is 0.842 bits per heavy atom. The highest BCUT2D eigenvalue weighted by Crippen LogP contribution is 2.33. The summed E-state index contributed by atoms with van der Waals surface area (Å²) >= 11 is 1.40. The molecule has 17 heteroatoms. The van der Waals surface area contributed by atoms with E-state index in [0.717, 1.165) is 24.0 Å². The van der Waals surface area contributed by atoms with E-state index in [4.69, 9.17) is 14.2 Å². The Hall–Kier alpha value is -4.45. The summed E-state index contributed by atoms with van der Waals surface area (Å²) in [5, 5.41) is 10.4. The summed E-state index contributed by atoms with van der Waals surface area (Å²) < 4.78 is 17.8. The van der Waals surface area contributed by atoms with Crippen LogP contribution in [0, 0.1) is 35.5 Å². The molecule has 0 saturated carbocycles. The van der Waals surface area contributed by atoms with Gasteiger partial charge in [0.05, 0.1) is 48.1 Å². The number of aliphatic hydroxyl groups is 1. The average Bonchev–Trinajstić information content (AvgIpc) is 3.99. The zero-order chi connectivity index (χ0) is 57.1. The third-order valence-corrected chi connectivity index (χ3v) is 17.1. The Bertz CT molecular complexity index is 2130. The largest absolute Gasteiger partial charge is 0.445 e. The number of amides is 5. The number of ketones is 3. The topological polar surface area (TPSA) is 197 Å². The second kappa shape index (κ2) is 31.8. The van der Waals surface area contributed by atoms with Crippen molar-refractivity contribution in [2.75, 3.05) is 47.7 Å². The van der Waals surface area contributed by atoms with Gasteiger partial charge in [0, 0.05) is 85.3 Å². The zero-order valence-electron chi connectivity index (χ0n) is 48.6. The number of hydrogen-bond donors (Lipinski definition) is 1. The first-order chi connectivity index (χ1) is 35.9. The fourth-order valence-corrected chi connectivity index (χ4v) is 11.7. The minimum atomic E-state index is -0.882. The molecule has 5 amide bonds. The first-order valence-corrected chi connectivity index (χ1v) is 29.0. The molecule has 2 aliphatic rings. The normalized spacial score (nSPS) is 19.7. The van der Waals surface area contributed by atoms with E-state index in [1.165, 1.54) is 28.6 Å². The lowest BCUT2D eigenvalue weighted by Gasteiger charge is -2.41. The summed E-state index contributed by atoms with van der Waals surface area (Å²) in [5.74, 6) is -3.09. The van der Waals surface area contributed by atoms with E-state index in [9.17, 15) is 43.5 Å². The minimum Gasteiger partial charge on any atom is -0.445 e. The fraction of sp³-hybridized carbons (Fsp3) is 0.729. The van der Waals surface area contributed by atoms with Crippen LogP contribution in [0.15, 0.2) is 35.9 Å². The third kappa shape index (κ3) is 18.1. The molecule has 3 rings (SSSR count). The lowest BCUT2D eigenvalue weighted by Crippen LogP contribution is -2.54. The van der Waals surface area contributed by atoms with Crippen LogP contribution in [0.1, 0.15) is 151 Å². The van der Waals surface area contributed by atoms with Gasteiger partial charge in [-0.05, 0) is 86.2 Å². The summed E-state index contributed by atoms with van der Waals surface area (Å²) in [4.78, 5) is 114. The van der Waals surface area contributed by atoms with Gasteiger partial charge in [-0.3, -0.25) is 38.5 Å². The van der Waals surface area contributed by atoms with Gasteiger partial charge >= 0.3 is 6.09 Å². The molecule has 428 valence electrons. The summed E-state index contributed by atoms with van der Waals surface area (Å²) in [5.41, 5.74) is 2.34. The van der Waals surface area contributed by atoms with Crippen LogP contribution < -0.4 is 0 Å². The van der Waals surface area contributed by atoms with Gasteiger partial charge < -0.3 is 34.0 Å². The molecule has 0 bridgehead atoms. The number of rotatable bonds is 33. The number of carbonyl (C=O) groups excluding carboxylic acids is 8. The Morgan fingerprint density at radius 3 is 2.04 bits per heavy atom. The molecule has 0 spiro atoms. The molecule has 16 nitrogen and oxygen atoms in total. The zero-order valence-corrected chi connectivity index (χ0v) is 49.5. The van der Waals surface area contributed by atoms with E-state index in [1.54, 1.807) is 43.2 Å². The predicted molar refractivity (Wildman–Crippen MR) is 297 cm³/mol. The number of ether oxygens (including phenoxy) is 3. The number of imide groups is 1. The molecule has 2 aliphatic heterocycles. The van der Waals surface area contributed by atoms with Crippen molar-refractivity contribution < 1.29 is 57.7 Å². The maximum absolute atomic E-state index is 14.7. The number of aliphatic hydroxyl groups excluding tert-OH is 1. The molecule has 2 heterocycles. The second-order valence-electron chi connectivity index (χ2n) is 22.2. The second-order valence-corrected chi connectivity index (χ2v) is 23.3. The molecule has 1 aromatic rings. The third-order valence-electron chi connectivity index (χ3n) is 16.2. The van der Waals surface area contributed by atoms with Crippen molar-refractivity contribution in [2.24, 2.45) is 35.5 Å². The first-order valence-electron chi connectivity index (χ1n) is 27.7. The number of likely N-dealkylation sites (tertiary alicyclic amines) is 2. The van der Waals surface area contributed by atoms with Crippen molar-refractivity contribution in [1.29, 1.82) is 0 Å². The highest BCUT2D eigenvalue weighted by atomic mass is 32.2. The molecule has 11 atom stereocenters. The molecule has 0 aromatic heterocycles. The molecular weight excluding hydrogens is 989 g/mol. The van der Waals surface area contributed by atoms with Gasteiger partial charge in [0.1, 0.15) is 18.2 Å². The van der Waals surface area contributed by atoms with Crippen LogP contribution in [0.3, 0.4) is 0 Å². The van der Waals surface area contributed by atoms with Crippen molar-refractivity contribution in [3.63, 3.8) is 0 Å². The van der Waals surface area contributed by atoms with Gasteiger partial charge in [0.15, 0.2) is 5.78 Å². The van der Waals surface area contributed by atoms with Crippen molar-refractivity contribution >= 4 is 58.8 Å². The number of hydrogen-bond acceptors (Lipinski definition) is 13. The SMILES string of the molecule is C/C=C(\C)[C@H](O)[C@@H](C)CC(=O)[C@H](C)[C@@H](OC)[C@@H]1CCCN1C(=O)C[C@@H](OC)[C@H]([C@@H](C)CC)N(C)C(=O)[C@@H](CC(=O)[C@H](C(C)C)N(C)C(=O)OCc1ccc(CC(=O)CCCCCN2C(=O)CC(SC)C2=O)cc1)C(C)C. The number of benzene rings is 1. The number of Topliss-reactive ketones (excluding diaryl/α,β-unsaturated/α-hetero) is 3. The molecule has 1 N–H and O–H groups in total. The Balaban J connectivity index is 1.63. The molecule has 0 aliphatic carbocycles. The molecule has 0 radical (unpaired) electrons. The van der Waals surface area contributed by atoms with Gasteiger partial charge in [0.2, 0.25) is 23.6 Å². The van der Waals surface area contributed by atoms with Gasteiger partial charge in [-0.15, -0.1) is 0 Å². The number of methoxy groups -OCH3 is 2. The lowest BCUT2D eigenvalue weighted by atomic mass is 9.83. The van der Waals surface area contributed by atoms with E-state index < -0.39 is 48.3 Å². The highest BCUT2D eigenvalue weighted by Gasteiger charge is 2.44. The average molecular weight is 1080 g/mol. The van der Waals surface area contributed by atoms with Crippen molar-refractivity contribution in [3.05, 3.63) is 47.0 Å². The number of likely N-dealkylation sites (N-methyl/N-ethyl adjacent to an activating group) is 2. The monoisotopic (exact) mass is 1080 g/mol. The molecule has 2 fully saturated rings. The van der Waals surface area contributed by atoms with Gasteiger partial charge in [-0.1, -0.05) is 98.6 Å². The fourth-order valence-electron chi connectivity index (χ4n) is 11.1. The standard InChI is InChI=1S/C59H94N4O12S/c1-16-38(7)54(49(73-13)33-51(67)62-29-21-23-46(62)56(74-14)41(10)47(65)30-40(9)55(69)39(8)17-2)60(11)57(70)45(36(3)4)32-48(66)53(37(5)6)61(12)59(72)75-35-43-26-24-42(25-27-43)31-44(64)22-19-18-20-28-63-52(68)34-50(76-15)58(63)71/h17,24-27,36-38,40-41,45-46,49-50,53-56,69H,16,18-23,28-35H2,1-15H3/b39-17+/t38-,40-,41-,45-,46-,49+,50?,53-,54-,55-,56+/m0/s1. The van der Waals surface area contributed by atoms with Crippen LogP contribution in [-0.2, 0) is 60.8 Å². The van der Waals surface area contributed by atoms with E-state index in [0.29, 0.717) is 50.8 Å². The van der Waals surface area contributed by atoms with E-state index in [2.05, 4.69) is 0 Å². The molecule has 1 aromatic carbocycles. The number of thioether (sulfide) groups is 1. The molecule has 1 unspecified atom stereocenters. The van der Waals surface area contributed by atoms with E-state index in [-0.39, 0.29) is 115 Å². The van der Waals surface area contributed by atoms with Gasteiger partial charge in [-0.25, -0.2) is 4.79 Å². The quantitative estimate of drug-likeness (QED) is 0.0400. The van der Waals surface area contributed by atoms with Crippen LogP contribution in [0.2, 0.25) is 0 Å². The number of nitrogens with zero attached hydrogens (tertiary/aromatic N) is 4. The van der Waals surface area contributed by atoms with Crippen LogP contribution in [0.5, 0.6) is 0 Å². The number of unbranched alkanes of at least 4 members (excludes halogenated alkanes) is 2. The van der Waals surface area contributed by atoms with E-state index in [1.807, 2.05) is 93.7 Å². The van der Waals surface area contributed by atoms with Crippen LogP contribution >= 0.6 is 11.8 Å². The van der Waals surface area contributed by atoms with Gasteiger partial charge in [-0.2, -0.15) is 11.8 Å². The maximum Gasteiger partial charge on any atom is 0.410 e. The first kappa shape index (κ1) is 65.8. The van der Waals surface area contributed by atoms with Crippen molar-refractivity contribution in [3.8, 4) is 0 Å². The molecular formula is C59H94N4O12S. The Morgan fingerprint density at radius 2 is 1.49 bits per heavy atom. The summed E-state index contributed by atoms with van der Waals surface area (Å²) in [7, 11) is 6.34.